The number of halogens is 1. The van der Waals surface area contributed by atoms with Crippen molar-refractivity contribution in [2.75, 3.05) is 0 Å². The molecule has 0 radical (unpaired) electrons. The van der Waals surface area contributed by atoms with Gasteiger partial charge in [-0.3, -0.25) is 0 Å². The third kappa shape index (κ3) is 2.23. The van der Waals surface area contributed by atoms with Crippen LogP contribution >= 0.6 is 0 Å². The number of aryl methyl sites for hydroxylation is 1. The van der Waals surface area contributed by atoms with Gasteiger partial charge in [-0.1, -0.05) is 6.07 Å². The molecular weight excluding hydrogens is 169 g/mol. The Balaban J connectivity index is 3.12. The van der Waals surface area contributed by atoms with Crippen molar-refractivity contribution in [1.29, 1.82) is 0 Å². The molecule has 0 heterocycles. The molecule has 1 rings (SSSR count). The van der Waals surface area contributed by atoms with Crippen molar-refractivity contribution in [2.45, 2.75) is 19.9 Å². The molecule has 0 aliphatic heterocycles. The fourth-order valence-electron chi connectivity index (χ4n) is 1.21. The lowest BCUT2D eigenvalue weighted by Gasteiger charge is -2.07. The molecule has 0 saturated carbocycles. The predicted molar refractivity (Wildman–Crippen MR) is 47.7 cm³/mol. The van der Waals surface area contributed by atoms with Crippen molar-refractivity contribution in [3.05, 3.63) is 35.1 Å². The second-order valence-corrected chi connectivity index (χ2v) is 2.90. The van der Waals surface area contributed by atoms with Gasteiger partial charge in [-0.15, -0.1) is 0 Å². The Labute approximate surface area is 76.1 Å². The van der Waals surface area contributed by atoms with Gasteiger partial charge in [0.05, 0.1) is 6.04 Å². The Morgan fingerprint density at radius 1 is 1.54 bits per heavy atom. The van der Waals surface area contributed by atoms with E-state index >= 15 is 0 Å². The molecule has 68 valence electrons. The van der Waals surface area contributed by atoms with Crippen LogP contribution in [0, 0.1) is 12.7 Å². The van der Waals surface area contributed by atoms with E-state index in [1.807, 2.05) is 6.92 Å². The zero-order valence-electron chi connectivity index (χ0n) is 7.54. The molecular formula is C10H10FNO. The normalized spacial score (nSPS) is 11.9. The maximum atomic E-state index is 12.8. The van der Waals surface area contributed by atoms with Crippen molar-refractivity contribution in [2.24, 2.45) is 4.99 Å². The summed E-state index contributed by atoms with van der Waals surface area (Å²) in [6.45, 7) is 3.58. The highest BCUT2D eigenvalue weighted by Gasteiger charge is 2.07. The lowest BCUT2D eigenvalue weighted by Crippen LogP contribution is -1.94. The summed E-state index contributed by atoms with van der Waals surface area (Å²) < 4.78 is 12.8. The van der Waals surface area contributed by atoms with Gasteiger partial charge in [-0.2, -0.15) is 4.99 Å². The molecule has 0 bridgehead atoms. The number of nitrogens with zero attached hydrogens (tertiary/aromatic N) is 1. The first kappa shape index (κ1) is 9.62. The van der Waals surface area contributed by atoms with Gasteiger partial charge in [0.1, 0.15) is 5.82 Å². The molecule has 0 spiro atoms. The minimum Gasteiger partial charge on any atom is -0.211 e. The summed E-state index contributed by atoms with van der Waals surface area (Å²) in [6.07, 6.45) is 1.47. The van der Waals surface area contributed by atoms with Crippen LogP contribution in [-0.2, 0) is 4.79 Å². The fraction of sp³-hybridized carbons (Fsp3) is 0.300. The number of hydrogen-bond acceptors (Lipinski definition) is 2. The maximum Gasteiger partial charge on any atom is 0.235 e. The average molecular weight is 179 g/mol. The van der Waals surface area contributed by atoms with Crippen LogP contribution in [0.25, 0.3) is 0 Å². The van der Waals surface area contributed by atoms with E-state index in [0.29, 0.717) is 0 Å². The van der Waals surface area contributed by atoms with E-state index in [1.165, 1.54) is 18.2 Å². The van der Waals surface area contributed by atoms with Crippen LogP contribution in [0.2, 0.25) is 0 Å². The monoisotopic (exact) mass is 179 g/mol. The summed E-state index contributed by atoms with van der Waals surface area (Å²) >= 11 is 0. The molecule has 1 unspecified atom stereocenters. The lowest BCUT2D eigenvalue weighted by atomic mass is 10.0. The van der Waals surface area contributed by atoms with E-state index in [2.05, 4.69) is 4.99 Å². The van der Waals surface area contributed by atoms with Crippen LogP contribution < -0.4 is 0 Å². The van der Waals surface area contributed by atoms with Crippen molar-refractivity contribution in [1.82, 2.24) is 0 Å². The molecule has 0 saturated heterocycles. The summed E-state index contributed by atoms with van der Waals surface area (Å²) in [5, 5.41) is 0. The Morgan fingerprint density at radius 2 is 2.23 bits per heavy atom. The average Bonchev–Trinajstić information content (AvgIpc) is 2.09. The second kappa shape index (κ2) is 3.97. The number of hydrogen-bond donors (Lipinski definition) is 0. The number of isocyanates is 1. The summed E-state index contributed by atoms with van der Waals surface area (Å²) in [6, 6.07) is 4.12. The van der Waals surface area contributed by atoms with Crippen LogP contribution in [-0.4, -0.2) is 6.08 Å². The molecule has 0 aromatic heterocycles. The predicted octanol–water partition coefficient (Wildman–Crippen LogP) is 2.53. The van der Waals surface area contributed by atoms with E-state index in [4.69, 9.17) is 0 Å². The Bertz CT molecular complexity index is 356. The molecule has 0 aliphatic carbocycles. The molecule has 1 aromatic rings. The Morgan fingerprint density at radius 3 is 2.85 bits per heavy atom. The van der Waals surface area contributed by atoms with Gasteiger partial charge in [0.2, 0.25) is 6.08 Å². The van der Waals surface area contributed by atoms with Crippen LogP contribution in [0.1, 0.15) is 24.1 Å². The highest BCUT2D eigenvalue weighted by molar-refractivity contribution is 5.37. The molecule has 3 heteroatoms. The quantitative estimate of drug-likeness (QED) is 0.506. The van der Waals surface area contributed by atoms with Gasteiger partial charge >= 0.3 is 0 Å². The third-order valence-corrected chi connectivity index (χ3v) is 1.94. The summed E-state index contributed by atoms with van der Waals surface area (Å²) in [7, 11) is 0. The van der Waals surface area contributed by atoms with Gasteiger partial charge in [0.15, 0.2) is 0 Å². The van der Waals surface area contributed by atoms with Crippen LogP contribution in [0.5, 0.6) is 0 Å². The summed E-state index contributed by atoms with van der Waals surface area (Å²) in [4.78, 5) is 13.5. The maximum absolute atomic E-state index is 12.8. The standard InChI is InChI=1S/C10H10FNO/c1-7-3-4-9(11)5-10(7)8(2)12-6-13/h3-5,8H,1-2H3. The molecule has 13 heavy (non-hydrogen) atoms. The number of carbonyl (C=O) groups excluding carboxylic acids is 1. The molecule has 0 aliphatic rings. The summed E-state index contributed by atoms with van der Waals surface area (Å²) in [5.74, 6) is -0.312. The van der Waals surface area contributed by atoms with Gasteiger partial charge < -0.3 is 0 Å². The first-order chi connectivity index (χ1) is 6.15. The van der Waals surface area contributed by atoms with Crippen molar-refractivity contribution in [3.8, 4) is 0 Å². The number of aliphatic imine (C=N–C) groups is 1. The minimum atomic E-state index is -0.326. The molecule has 0 N–H and O–H groups in total. The van der Waals surface area contributed by atoms with E-state index in [0.717, 1.165) is 11.1 Å². The fourth-order valence-corrected chi connectivity index (χ4v) is 1.21. The number of rotatable bonds is 2. The third-order valence-electron chi connectivity index (χ3n) is 1.94. The van der Waals surface area contributed by atoms with Crippen molar-refractivity contribution >= 4 is 6.08 Å². The van der Waals surface area contributed by atoms with E-state index in [-0.39, 0.29) is 11.9 Å². The van der Waals surface area contributed by atoms with Crippen LogP contribution in [0.3, 0.4) is 0 Å². The smallest absolute Gasteiger partial charge is 0.211 e. The zero-order chi connectivity index (χ0) is 9.84. The molecule has 2 nitrogen and oxygen atoms in total. The topological polar surface area (TPSA) is 29.4 Å². The first-order valence-corrected chi connectivity index (χ1v) is 3.98. The number of benzene rings is 1. The SMILES string of the molecule is Cc1ccc(F)cc1C(C)N=C=O. The van der Waals surface area contributed by atoms with Crippen molar-refractivity contribution < 1.29 is 9.18 Å². The van der Waals surface area contributed by atoms with Crippen molar-refractivity contribution in [3.63, 3.8) is 0 Å². The van der Waals surface area contributed by atoms with E-state index in [1.54, 1.807) is 13.0 Å². The zero-order valence-corrected chi connectivity index (χ0v) is 7.54. The van der Waals surface area contributed by atoms with Gasteiger partial charge in [-0.25, -0.2) is 9.18 Å². The Hall–Kier alpha value is -1.47. The molecule has 0 amide bonds. The van der Waals surface area contributed by atoms with Crippen LogP contribution in [0.4, 0.5) is 4.39 Å². The first-order valence-electron chi connectivity index (χ1n) is 3.98. The molecule has 1 atom stereocenters. The lowest BCUT2D eigenvalue weighted by molar-refractivity contribution is 0.559. The second-order valence-electron chi connectivity index (χ2n) is 2.90. The van der Waals surface area contributed by atoms with Gasteiger partial charge in [-0.05, 0) is 37.1 Å². The molecule has 1 aromatic carbocycles. The largest absolute Gasteiger partial charge is 0.235 e. The van der Waals surface area contributed by atoms with Crippen LogP contribution in [0.15, 0.2) is 23.2 Å². The van der Waals surface area contributed by atoms with Gasteiger partial charge in [0, 0.05) is 0 Å². The highest BCUT2D eigenvalue weighted by Crippen LogP contribution is 2.20. The highest BCUT2D eigenvalue weighted by atomic mass is 19.1. The Kier molecular flexibility index (Phi) is 2.93. The van der Waals surface area contributed by atoms with E-state index < -0.39 is 0 Å². The van der Waals surface area contributed by atoms with Gasteiger partial charge in [0.25, 0.3) is 0 Å². The molecule has 0 fully saturated rings. The van der Waals surface area contributed by atoms with E-state index in [9.17, 15) is 9.18 Å². The summed E-state index contributed by atoms with van der Waals surface area (Å²) in [5.41, 5.74) is 1.65. The minimum absolute atomic E-state index is 0.312.